The summed E-state index contributed by atoms with van der Waals surface area (Å²) in [6, 6.07) is 21.6. The predicted octanol–water partition coefficient (Wildman–Crippen LogP) is 6.07. The van der Waals surface area contributed by atoms with Crippen molar-refractivity contribution in [2.75, 3.05) is 0 Å². The van der Waals surface area contributed by atoms with Crippen LogP contribution in [-0.2, 0) is 14.5 Å². The monoisotopic (exact) mass is 364 g/mol. The largest absolute Gasteiger partial charge is 0.312 e. The molecule has 3 nitrogen and oxygen atoms in total. The first-order valence-electron chi connectivity index (χ1n) is 10.4. The summed E-state index contributed by atoms with van der Waals surface area (Å²) >= 11 is 0. The van der Waals surface area contributed by atoms with Gasteiger partial charge in [0.15, 0.2) is 0 Å². The molecule has 2 aromatic rings. The highest BCUT2D eigenvalue weighted by Gasteiger charge is 2.55. The van der Waals surface area contributed by atoms with Crippen LogP contribution in [0.5, 0.6) is 0 Å². The first-order valence-corrected chi connectivity index (χ1v) is 10.4. The molecule has 0 atom stereocenters. The van der Waals surface area contributed by atoms with E-state index < -0.39 is 11.6 Å². The third-order valence-electron chi connectivity index (χ3n) is 6.75. The van der Waals surface area contributed by atoms with Gasteiger partial charge in [-0.1, -0.05) is 60.7 Å². The lowest BCUT2D eigenvalue weighted by molar-refractivity contribution is -0.358. The summed E-state index contributed by atoms with van der Waals surface area (Å²) in [5.41, 5.74) is 2.87. The Kier molecular flexibility index (Phi) is 4.55. The van der Waals surface area contributed by atoms with Gasteiger partial charge in [0.25, 0.3) is 0 Å². The van der Waals surface area contributed by atoms with E-state index in [1.165, 1.54) is 11.1 Å². The Morgan fingerprint density at radius 3 is 1.30 bits per heavy atom. The molecule has 2 aromatic carbocycles. The van der Waals surface area contributed by atoms with Crippen molar-refractivity contribution in [1.29, 1.82) is 0 Å². The summed E-state index contributed by atoms with van der Waals surface area (Å²) in [7, 11) is 0. The maximum Gasteiger partial charge on any atom is 0.204 e. The molecule has 2 spiro atoms. The molecule has 5 rings (SSSR count). The van der Waals surface area contributed by atoms with Crippen molar-refractivity contribution < 1.29 is 14.5 Å². The quantitative estimate of drug-likeness (QED) is 0.605. The second-order valence-corrected chi connectivity index (χ2v) is 8.46. The van der Waals surface area contributed by atoms with E-state index in [1.807, 2.05) is 0 Å². The van der Waals surface area contributed by atoms with Crippen LogP contribution in [0, 0.1) is 0 Å². The maximum atomic E-state index is 6.54. The Bertz CT molecular complexity index is 676. The summed E-state index contributed by atoms with van der Waals surface area (Å²) in [6.45, 7) is 0. The maximum absolute atomic E-state index is 6.54. The molecule has 3 fully saturated rings. The molecule has 3 heteroatoms. The summed E-state index contributed by atoms with van der Waals surface area (Å²) in [5, 5.41) is 0. The minimum absolute atomic E-state index is 0.523. The van der Waals surface area contributed by atoms with Crippen molar-refractivity contribution >= 4 is 0 Å². The molecule has 3 aliphatic rings. The minimum Gasteiger partial charge on any atom is -0.312 e. The van der Waals surface area contributed by atoms with Gasteiger partial charge >= 0.3 is 0 Å². The molecule has 0 radical (unpaired) electrons. The number of rotatable bonds is 2. The molecule has 0 bridgehead atoms. The van der Waals surface area contributed by atoms with Crippen LogP contribution < -0.4 is 0 Å². The molecule has 2 aliphatic carbocycles. The third-order valence-corrected chi connectivity index (χ3v) is 6.75. The molecule has 142 valence electrons. The molecule has 0 unspecified atom stereocenters. The van der Waals surface area contributed by atoms with Crippen LogP contribution in [0.3, 0.4) is 0 Å². The highest BCUT2D eigenvalue weighted by atomic mass is 17.3. The molecular formula is C24H28O3. The van der Waals surface area contributed by atoms with Crippen LogP contribution in [0.15, 0.2) is 60.7 Å². The second-order valence-electron chi connectivity index (χ2n) is 8.46. The van der Waals surface area contributed by atoms with E-state index in [0.29, 0.717) is 11.8 Å². The van der Waals surface area contributed by atoms with Gasteiger partial charge in [-0.25, -0.2) is 0 Å². The first-order chi connectivity index (χ1) is 13.3. The van der Waals surface area contributed by atoms with E-state index >= 15 is 0 Å². The van der Waals surface area contributed by atoms with Crippen molar-refractivity contribution in [1.82, 2.24) is 0 Å². The van der Waals surface area contributed by atoms with Crippen LogP contribution in [0.2, 0.25) is 0 Å². The van der Waals surface area contributed by atoms with Gasteiger partial charge in [-0.2, -0.15) is 9.78 Å². The fourth-order valence-electron chi connectivity index (χ4n) is 5.13. The molecule has 0 amide bonds. The van der Waals surface area contributed by atoms with Crippen molar-refractivity contribution in [3.05, 3.63) is 71.8 Å². The number of hydrogen-bond acceptors (Lipinski definition) is 3. The van der Waals surface area contributed by atoms with E-state index in [9.17, 15) is 0 Å². The fraction of sp³-hybridized carbons (Fsp3) is 0.500. The summed E-state index contributed by atoms with van der Waals surface area (Å²) in [4.78, 5) is 11.8. The lowest BCUT2D eigenvalue weighted by Gasteiger charge is -2.37. The molecule has 1 saturated heterocycles. The van der Waals surface area contributed by atoms with Gasteiger partial charge in [0.2, 0.25) is 11.6 Å². The molecule has 0 N–H and O–H groups in total. The van der Waals surface area contributed by atoms with E-state index in [-0.39, 0.29) is 0 Å². The SMILES string of the molecule is c1ccc(C2CCC3(CC2)OOC2(CCC(c4ccccc4)CC2)O3)cc1. The highest BCUT2D eigenvalue weighted by Crippen LogP contribution is 2.52. The van der Waals surface area contributed by atoms with Gasteiger partial charge in [0.05, 0.1) is 0 Å². The van der Waals surface area contributed by atoms with Crippen molar-refractivity contribution in [3.63, 3.8) is 0 Å². The van der Waals surface area contributed by atoms with Crippen LogP contribution in [-0.4, -0.2) is 11.6 Å². The van der Waals surface area contributed by atoms with Gasteiger partial charge in [-0.3, -0.25) is 0 Å². The topological polar surface area (TPSA) is 27.7 Å². The van der Waals surface area contributed by atoms with Crippen molar-refractivity contribution in [2.24, 2.45) is 0 Å². The summed E-state index contributed by atoms with van der Waals surface area (Å²) < 4.78 is 6.54. The molecule has 1 aliphatic heterocycles. The fourth-order valence-corrected chi connectivity index (χ4v) is 5.13. The standard InChI is InChI=1S/C24H28O3/c1-3-7-19(8-4-1)21-11-15-23(16-12-21)25-24(27-26-23)17-13-22(14-18-24)20-9-5-2-6-10-20/h1-10,21-22H,11-18H2. The Labute approximate surface area is 161 Å². The van der Waals surface area contributed by atoms with Gasteiger partial charge < -0.3 is 4.74 Å². The molecule has 0 aromatic heterocycles. The van der Waals surface area contributed by atoms with Crippen molar-refractivity contribution in [2.45, 2.75) is 74.8 Å². The average molecular weight is 364 g/mol. The number of hydrogen-bond donors (Lipinski definition) is 0. The lowest BCUT2D eigenvalue weighted by atomic mass is 9.79. The van der Waals surface area contributed by atoms with E-state index in [4.69, 9.17) is 14.5 Å². The Morgan fingerprint density at radius 1 is 0.556 bits per heavy atom. The van der Waals surface area contributed by atoms with Gasteiger partial charge in [0, 0.05) is 25.7 Å². The van der Waals surface area contributed by atoms with E-state index in [1.54, 1.807) is 0 Å². The van der Waals surface area contributed by atoms with Gasteiger partial charge in [-0.05, 0) is 48.6 Å². The highest BCUT2D eigenvalue weighted by molar-refractivity contribution is 5.21. The summed E-state index contributed by atoms with van der Waals surface area (Å²) in [6.07, 6.45) is 8.03. The Balaban J connectivity index is 1.20. The second kappa shape index (κ2) is 7.05. The Morgan fingerprint density at radius 2 is 0.926 bits per heavy atom. The molecular weight excluding hydrogens is 336 g/mol. The van der Waals surface area contributed by atoms with Crippen LogP contribution in [0.1, 0.15) is 74.3 Å². The Hall–Kier alpha value is -1.68. The number of ether oxygens (including phenoxy) is 1. The molecule has 1 heterocycles. The van der Waals surface area contributed by atoms with E-state index in [2.05, 4.69) is 60.7 Å². The van der Waals surface area contributed by atoms with E-state index in [0.717, 1.165) is 51.4 Å². The molecule has 2 saturated carbocycles. The van der Waals surface area contributed by atoms with Crippen LogP contribution in [0.4, 0.5) is 0 Å². The van der Waals surface area contributed by atoms with Crippen LogP contribution in [0.25, 0.3) is 0 Å². The number of benzene rings is 2. The van der Waals surface area contributed by atoms with Gasteiger partial charge in [-0.15, -0.1) is 0 Å². The first kappa shape index (κ1) is 17.4. The zero-order valence-corrected chi connectivity index (χ0v) is 15.8. The average Bonchev–Trinajstić information content (AvgIpc) is 3.08. The van der Waals surface area contributed by atoms with Gasteiger partial charge in [0.1, 0.15) is 0 Å². The van der Waals surface area contributed by atoms with Crippen LogP contribution >= 0.6 is 0 Å². The van der Waals surface area contributed by atoms with Crippen molar-refractivity contribution in [3.8, 4) is 0 Å². The predicted molar refractivity (Wildman–Crippen MR) is 104 cm³/mol. The zero-order valence-electron chi connectivity index (χ0n) is 15.8. The zero-order chi connectivity index (χ0) is 18.2. The molecule has 27 heavy (non-hydrogen) atoms. The normalized spacial score (nSPS) is 36.3. The summed E-state index contributed by atoms with van der Waals surface area (Å²) in [5.74, 6) is 0.166. The smallest absolute Gasteiger partial charge is 0.204 e. The third kappa shape index (κ3) is 3.44. The minimum atomic E-state index is -0.523. The lowest BCUT2D eigenvalue weighted by Crippen LogP contribution is -2.41.